The molecule has 0 saturated carbocycles. The highest BCUT2D eigenvalue weighted by Gasteiger charge is 2.16. The van der Waals surface area contributed by atoms with Crippen LogP contribution in [0.5, 0.6) is 0 Å². The van der Waals surface area contributed by atoms with Crippen molar-refractivity contribution < 1.29 is 0 Å². The number of nitrogens with zero attached hydrogens (tertiary/aromatic N) is 3. The number of rotatable bonds is 5. The molecule has 0 amide bonds. The van der Waals surface area contributed by atoms with Crippen molar-refractivity contribution in [3.05, 3.63) is 176 Å². The van der Waals surface area contributed by atoms with Crippen LogP contribution in [0.3, 0.4) is 0 Å². The molecule has 0 aliphatic carbocycles. The molecule has 9 aromatic rings. The predicted molar refractivity (Wildman–Crippen MR) is 191 cm³/mol. The number of aromatic nitrogens is 3. The monoisotopic (exact) mass is 587 g/mol. The van der Waals surface area contributed by atoms with Crippen molar-refractivity contribution in [3.8, 4) is 50.5 Å². The number of imidazole rings is 1. The minimum absolute atomic E-state index is 0.942. The molecular weight excluding hydrogens is 558 g/mol. The number of para-hydroxylation sites is 2. The van der Waals surface area contributed by atoms with E-state index >= 15 is 0 Å². The van der Waals surface area contributed by atoms with Crippen LogP contribution in [0.25, 0.3) is 77.9 Å². The van der Waals surface area contributed by atoms with E-state index in [4.69, 9.17) is 4.98 Å². The fraction of sp³-hybridized carbons (Fsp3) is 0. The van der Waals surface area contributed by atoms with Crippen molar-refractivity contribution in [2.45, 2.75) is 0 Å². The molecule has 0 aliphatic rings. The first-order valence-electron chi connectivity index (χ1n) is 15.6. The SMILES string of the molecule is c1ccc(-c2nc3ccccn3c2-c2ccc(-c3cccc(-c4ccc(-n5c6ccccc6c6ccccc65)cc4)c3)cc2)cc1. The lowest BCUT2D eigenvalue weighted by atomic mass is 9.97. The molecule has 3 nitrogen and oxygen atoms in total. The molecule has 0 fully saturated rings. The number of hydrogen-bond acceptors (Lipinski definition) is 1. The molecule has 216 valence electrons. The lowest BCUT2D eigenvalue weighted by Crippen LogP contribution is -1.93. The summed E-state index contributed by atoms with van der Waals surface area (Å²) >= 11 is 0. The minimum atomic E-state index is 0.942. The Kier molecular flexibility index (Phi) is 6.14. The molecule has 3 heterocycles. The second-order valence-corrected chi connectivity index (χ2v) is 11.7. The largest absolute Gasteiger partial charge is 0.309 e. The van der Waals surface area contributed by atoms with Crippen molar-refractivity contribution in [3.63, 3.8) is 0 Å². The third-order valence-corrected chi connectivity index (χ3v) is 8.97. The molecule has 0 radical (unpaired) electrons. The topological polar surface area (TPSA) is 22.2 Å². The Morgan fingerprint density at radius 1 is 0.391 bits per heavy atom. The van der Waals surface area contributed by atoms with Gasteiger partial charge in [0.15, 0.2) is 0 Å². The second kappa shape index (κ2) is 10.8. The lowest BCUT2D eigenvalue weighted by Gasteiger charge is -2.11. The lowest BCUT2D eigenvalue weighted by molar-refractivity contribution is 1.18. The molecular formula is C43H29N3. The van der Waals surface area contributed by atoms with Gasteiger partial charge in [0.25, 0.3) is 0 Å². The zero-order chi connectivity index (χ0) is 30.5. The van der Waals surface area contributed by atoms with Crippen molar-refractivity contribution in [1.29, 1.82) is 0 Å². The Bertz CT molecular complexity index is 2450. The molecule has 0 atom stereocenters. The summed E-state index contributed by atoms with van der Waals surface area (Å²) in [5.74, 6) is 0. The van der Waals surface area contributed by atoms with Crippen molar-refractivity contribution >= 4 is 27.5 Å². The van der Waals surface area contributed by atoms with E-state index in [0.29, 0.717) is 0 Å². The van der Waals surface area contributed by atoms with Crippen LogP contribution in [0.1, 0.15) is 0 Å². The maximum absolute atomic E-state index is 5.00. The van der Waals surface area contributed by atoms with E-state index < -0.39 is 0 Å². The third-order valence-electron chi connectivity index (χ3n) is 8.97. The van der Waals surface area contributed by atoms with Crippen LogP contribution < -0.4 is 0 Å². The summed E-state index contributed by atoms with van der Waals surface area (Å²) in [5.41, 5.74) is 13.7. The Morgan fingerprint density at radius 2 is 0.935 bits per heavy atom. The quantitative estimate of drug-likeness (QED) is 0.196. The molecule has 0 N–H and O–H groups in total. The summed E-state index contributed by atoms with van der Waals surface area (Å²) in [6.07, 6.45) is 2.09. The Labute approximate surface area is 267 Å². The Hall–Kier alpha value is -6.19. The summed E-state index contributed by atoms with van der Waals surface area (Å²) in [5, 5.41) is 2.55. The fourth-order valence-electron chi connectivity index (χ4n) is 6.77. The van der Waals surface area contributed by atoms with Gasteiger partial charge >= 0.3 is 0 Å². The second-order valence-electron chi connectivity index (χ2n) is 11.7. The molecule has 46 heavy (non-hydrogen) atoms. The Morgan fingerprint density at radius 3 is 1.61 bits per heavy atom. The van der Waals surface area contributed by atoms with Gasteiger partial charge < -0.3 is 4.57 Å². The van der Waals surface area contributed by atoms with Gasteiger partial charge in [-0.25, -0.2) is 4.98 Å². The van der Waals surface area contributed by atoms with Gasteiger partial charge in [-0.15, -0.1) is 0 Å². The van der Waals surface area contributed by atoms with Gasteiger partial charge in [-0.05, 0) is 64.7 Å². The number of hydrogen-bond donors (Lipinski definition) is 0. The maximum atomic E-state index is 5.00. The van der Waals surface area contributed by atoms with Crippen LogP contribution in [0.15, 0.2) is 176 Å². The first-order valence-corrected chi connectivity index (χ1v) is 15.6. The van der Waals surface area contributed by atoms with Crippen molar-refractivity contribution in [2.75, 3.05) is 0 Å². The summed E-state index contributed by atoms with van der Waals surface area (Å²) in [4.78, 5) is 5.00. The molecule has 0 saturated heterocycles. The number of benzene rings is 6. The van der Waals surface area contributed by atoms with Crippen LogP contribution >= 0.6 is 0 Å². The third kappa shape index (κ3) is 4.33. The minimum Gasteiger partial charge on any atom is -0.309 e. The van der Waals surface area contributed by atoms with Gasteiger partial charge in [0.1, 0.15) is 5.65 Å². The van der Waals surface area contributed by atoms with E-state index in [1.54, 1.807) is 0 Å². The molecule has 0 unspecified atom stereocenters. The highest BCUT2D eigenvalue weighted by molar-refractivity contribution is 6.09. The fourth-order valence-corrected chi connectivity index (χ4v) is 6.77. The zero-order valence-corrected chi connectivity index (χ0v) is 25.1. The average molecular weight is 588 g/mol. The van der Waals surface area contributed by atoms with Gasteiger partial charge in [-0.3, -0.25) is 4.40 Å². The summed E-state index contributed by atoms with van der Waals surface area (Å²) in [6.45, 7) is 0. The summed E-state index contributed by atoms with van der Waals surface area (Å²) in [7, 11) is 0. The van der Waals surface area contributed by atoms with E-state index in [1.807, 2.05) is 12.1 Å². The van der Waals surface area contributed by atoms with Gasteiger partial charge in [-0.2, -0.15) is 0 Å². The number of fused-ring (bicyclic) bond motifs is 4. The Balaban J connectivity index is 1.05. The highest BCUT2D eigenvalue weighted by Crippen LogP contribution is 2.36. The first kappa shape index (κ1) is 26.2. The van der Waals surface area contributed by atoms with E-state index in [1.165, 1.54) is 44.1 Å². The molecule has 3 heteroatoms. The maximum Gasteiger partial charge on any atom is 0.137 e. The molecule has 0 spiro atoms. The standard InChI is InChI=1S/C43H29N3/c1-2-11-32(12-3-1)42-43(45-28-9-8-19-41(45)44-42)33-22-20-30(21-23-33)34-13-10-14-35(29-34)31-24-26-36(27-25-31)46-39-17-6-4-15-37(39)38-16-5-7-18-40(38)46/h1-29H. The molecule has 3 aromatic heterocycles. The number of pyridine rings is 1. The summed E-state index contributed by atoms with van der Waals surface area (Å²) < 4.78 is 4.54. The van der Waals surface area contributed by atoms with Crippen LogP contribution in [0.4, 0.5) is 0 Å². The van der Waals surface area contributed by atoms with Crippen LogP contribution in [-0.2, 0) is 0 Å². The van der Waals surface area contributed by atoms with Gasteiger partial charge in [-0.1, -0.05) is 127 Å². The van der Waals surface area contributed by atoms with Crippen LogP contribution in [-0.4, -0.2) is 14.0 Å². The van der Waals surface area contributed by atoms with Crippen molar-refractivity contribution in [2.24, 2.45) is 0 Å². The molecule has 9 rings (SSSR count). The van der Waals surface area contributed by atoms with E-state index in [2.05, 4.69) is 173 Å². The van der Waals surface area contributed by atoms with Gasteiger partial charge in [0, 0.05) is 33.8 Å². The molecule has 0 bridgehead atoms. The van der Waals surface area contributed by atoms with E-state index in [-0.39, 0.29) is 0 Å². The van der Waals surface area contributed by atoms with E-state index in [9.17, 15) is 0 Å². The normalized spacial score (nSPS) is 11.5. The smallest absolute Gasteiger partial charge is 0.137 e. The molecule has 0 aliphatic heterocycles. The average Bonchev–Trinajstić information content (AvgIpc) is 3.69. The highest BCUT2D eigenvalue weighted by atomic mass is 15.0. The first-order chi connectivity index (χ1) is 22.8. The van der Waals surface area contributed by atoms with Crippen molar-refractivity contribution in [1.82, 2.24) is 14.0 Å². The predicted octanol–water partition coefficient (Wildman–Crippen LogP) is 11.1. The van der Waals surface area contributed by atoms with Gasteiger partial charge in [0.05, 0.1) is 22.4 Å². The van der Waals surface area contributed by atoms with Crippen LogP contribution in [0, 0.1) is 0 Å². The van der Waals surface area contributed by atoms with Crippen LogP contribution in [0.2, 0.25) is 0 Å². The van der Waals surface area contributed by atoms with E-state index in [0.717, 1.165) is 33.8 Å². The van der Waals surface area contributed by atoms with Gasteiger partial charge in [0.2, 0.25) is 0 Å². The summed E-state index contributed by atoms with van der Waals surface area (Å²) in [6, 6.07) is 60.5. The zero-order valence-electron chi connectivity index (χ0n) is 25.1. The molecule has 6 aromatic carbocycles.